The van der Waals surface area contributed by atoms with E-state index in [0.29, 0.717) is 42.5 Å². The molecule has 6 nitrogen and oxygen atoms in total. The van der Waals surface area contributed by atoms with Crippen LogP contribution in [0.1, 0.15) is 23.1 Å². The van der Waals surface area contributed by atoms with Gasteiger partial charge in [-0.1, -0.05) is 24.3 Å². The lowest BCUT2D eigenvalue weighted by Crippen LogP contribution is -2.49. The molecule has 0 aliphatic carbocycles. The minimum absolute atomic E-state index is 0.146. The molecule has 1 aliphatic heterocycles. The summed E-state index contributed by atoms with van der Waals surface area (Å²) >= 11 is 0. The van der Waals surface area contributed by atoms with Crippen LogP contribution in [0.3, 0.4) is 0 Å². The first-order chi connectivity index (χ1) is 16.5. The SMILES string of the molecule is COc1ccc(F)cc1CN1CCCN(c2ccc(OC)c(OCc3ccccc3C)c2)C1=O. The summed E-state index contributed by atoms with van der Waals surface area (Å²) in [5, 5.41) is 0. The predicted molar refractivity (Wildman–Crippen MR) is 129 cm³/mol. The molecule has 1 aliphatic rings. The van der Waals surface area contributed by atoms with Gasteiger partial charge in [0, 0.05) is 30.4 Å². The number of hydrogen-bond acceptors (Lipinski definition) is 4. The molecule has 7 heteroatoms. The van der Waals surface area contributed by atoms with Crippen molar-refractivity contribution in [3.05, 3.63) is 83.2 Å². The number of ether oxygens (including phenoxy) is 3. The zero-order chi connectivity index (χ0) is 24.1. The van der Waals surface area contributed by atoms with Crippen molar-refractivity contribution in [2.24, 2.45) is 0 Å². The maximum absolute atomic E-state index is 13.8. The summed E-state index contributed by atoms with van der Waals surface area (Å²) in [4.78, 5) is 16.8. The molecule has 0 spiro atoms. The molecule has 0 radical (unpaired) electrons. The van der Waals surface area contributed by atoms with Gasteiger partial charge in [-0.25, -0.2) is 9.18 Å². The first-order valence-electron chi connectivity index (χ1n) is 11.2. The third kappa shape index (κ3) is 5.09. The van der Waals surface area contributed by atoms with Gasteiger partial charge in [0.15, 0.2) is 11.5 Å². The molecule has 0 N–H and O–H groups in total. The van der Waals surface area contributed by atoms with E-state index in [1.165, 1.54) is 19.2 Å². The van der Waals surface area contributed by atoms with Gasteiger partial charge in [-0.3, -0.25) is 4.90 Å². The Balaban J connectivity index is 1.54. The predicted octanol–water partition coefficient (Wildman–Crippen LogP) is 5.56. The van der Waals surface area contributed by atoms with Crippen LogP contribution in [0.4, 0.5) is 14.9 Å². The number of halogens is 1. The van der Waals surface area contributed by atoms with Gasteiger partial charge in [0.05, 0.1) is 20.8 Å². The van der Waals surface area contributed by atoms with E-state index < -0.39 is 0 Å². The van der Waals surface area contributed by atoms with Gasteiger partial charge in [0.2, 0.25) is 0 Å². The fourth-order valence-corrected chi connectivity index (χ4v) is 4.12. The minimum Gasteiger partial charge on any atom is -0.496 e. The van der Waals surface area contributed by atoms with Gasteiger partial charge in [-0.05, 0) is 54.8 Å². The van der Waals surface area contributed by atoms with Gasteiger partial charge in [0.25, 0.3) is 0 Å². The van der Waals surface area contributed by atoms with Gasteiger partial charge < -0.3 is 19.1 Å². The average Bonchev–Trinajstić information content (AvgIpc) is 2.85. The molecule has 0 bridgehead atoms. The lowest BCUT2D eigenvalue weighted by Gasteiger charge is -2.36. The van der Waals surface area contributed by atoms with Crippen molar-refractivity contribution in [1.82, 2.24) is 4.90 Å². The van der Waals surface area contributed by atoms with Crippen LogP contribution in [0.25, 0.3) is 0 Å². The smallest absolute Gasteiger partial charge is 0.324 e. The second kappa shape index (κ2) is 10.5. The maximum atomic E-state index is 13.8. The van der Waals surface area contributed by atoms with Crippen molar-refractivity contribution in [3.63, 3.8) is 0 Å². The Hall–Kier alpha value is -3.74. The van der Waals surface area contributed by atoms with Gasteiger partial charge in [-0.2, -0.15) is 0 Å². The number of methoxy groups -OCH3 is 2. The van der Waals surface area contributed by atoms with Gasteiger partial charge in [0.1, 0.15) is 18.2 Å². The monoisotopic (exact) mass is 464 g/mol. The average molecular weight is 465 g/mol. The second-order valence-corrected chi connectivity index (χ2v) is 8.22. The van der Waals surface area contributed by atoms with Crippen LogP contribution in [0.5, 0.6) is 17.2 Å². The normalized spacial score (nSPS) is 13.7. The van der Waals surface area contributed by atoms with Crippen LogP contribution in [0.2, 0.25) is 0 Å². The number of carbonyl (C=O) groups is 1. The van der Waals surface area contributed by atoms with E-state index in [-0.39, 0.29) is 18.4 Å². The summed E-state index contributed by atoms with van der Waals surface area (Å²) in [6, 6.07) is 17.7. The number of anilines is 1. The fourth-order valence-electron chi connectivity index (χ4n) is 4.12. The molecule has 0 atom stereocenters. The van der Waals surface area contributed by atoms with Crippen molar-refractivity contribution in [1.29, 1.82) is 0 Å². The van der Waals surface area contributed by atoms with Crippen LogP contribution in [0.15, 0.2) is 60.7 Å². The van der Waals surface area contributed by atoms with E-state index >= 15 is 0 Å². The number of rotatable bonds is 8. The second-order valence-electron chi connectivity index (χ2n) is 8.22. The highest BCUT2D eigenvalue weighted by atomic mass is 19.1. The van der Waals surface area contributed by atoms with Crippen LogP contribution >= 0.6 is 0 Å². The van der Waals surface area contributed by atoms with Crippen molar-refractivity contribution in [2.45, 2.75) is 26.5 Å². The molecule has 3 aromatic carbocycles. The van der Waals surface area contributed by atoms with E-state index in [2.05, 4.69) is 0 Å². The molecule has 34 heavy (non-hydrogen) atoms. The third-order valence-corrected chi connectivity index (χ3v) is 6.02. The topological polar surface area (TPSA) is 51.2 Å². The number of urea groups is 1. The summed E-state index contributed by atoms with van der Waals surface area (Å²) < 4.78 is 30.7. The molecule has 0 saturated carbocycles. The number of amides is 2. The lowest BCUT2D eigenvalue weighted by molar-refractivity contribution is 0.191. The van der Waals surface area contributed by atoms with Crippen LogP contribution in [0, 0.1) is 12.7 Å². The molecule has 0 unspecified atom stereocenters. The van der Waals surface area contributed by atoms with E-state index in [1.807, 2.05) is 49.4 Å². The highest BCUT2D eigenvalue weighted by Gasteiger charge is 2.28. The standard InChI is InChI=1S/C27H29FN2O4/c1-19-7-4-5-8-20(19)18-34-26-16-23(10-12-25(26)33-3)30-14-6-13-29(27(30)31)17-21-15-22(28)9-11-24(21)32-2/h4-5,7-12,15-16H,6,13-14,17-18H2,1-3H3. The zero-order valence-electron chi connectivity index (χ0n) is 19.7. The number of hydrogen-bond donors (Lipinski definition) is 0. The Bertz CT molecular complexity index is 1170. The first-order valence-corrected chi connectivity index (χ1v) is 11.2. The first kappa shape index (κ1) is 23.4. The largest absolute Gasteiger partial charge is 0.496 e. The quantitative estimate of drug-likeness (QED) is 0.438. The summed E-state index contributed by atoms with van der Waals surface area (Å²) in [6.45, 7) is 3.87. The summed E-state index contributed by atoms with van der Waals surface area (Å²) in [6.07, 6.45) is 0.787. The van der Waals surface area contributed by atoms with Crippen LogP contribution in [-0.4, -0.2) is 38.2 Å². The molecule has 2 amide bonds. The van der Waals surface area contributed by atoms with E-state index in [1.54, 1.807) is 23.0 Å². The zero-order valence-corrected chi connectivity index (χ0v) is 19.7. The Labute approximate surface area is 199 Å². The van der Waals surface area contributed by atoms with E-state index in [0.717, 1.165) is 23.2 Å². The van der Waals surface area contributed by atoms with Crippen molar-refractivity contribution < 1.29 is 23.4 Å². The van der Waals surface area contributed by atoms with Crippen molar-refractivity contribution in [2.75, 3.05) is 32.2 Å². The summed E-state index contributed by atoms with van der Waals surface area (Å²) in [5.74, 6) is 1.37. The molecule has 0 aromatic heterocycles. The van der Waals surface area contributed by atoms with Gasteiger partial charge in [-0.15, -0.1) is 0 Å². The Morgan fingerprint density at radius 2 is 1.65 bits per heavy atom. The summed E-state index contributed by atoms with van der Waals surface area (Å²) in [7, 11) is 3.13. The molecule has 178 valence electrons. The lowest BCUT2D eigenvalue weighted by atomic mass is 10.1. The summed E-state index contributed by atoms with van der Waals surface area (Å²) in [5.41, 5.74) is 3.59. The molecule has 1 saturated heterocycles. The highest BCUT2D eigenvalue weighted by molar-refractivity contribution is 5.93. The number of nitrogens with zero attached hydrogens (tertiary/aromatic N) is 2. The number of aryl methyl sites for hydroxylation is 1. The Morgan fingerprint density at radius 3 is 2.41 bits per heavy atom. The van der Waals surface area contributed by atoms with Gasteiger partial charge >= 0.3 is 6.03 Å². The molecule has 4 rings (SSSR count). The molecule has 1 heterocycles. The Kier molecular flexibility index (Phi) is 7.21. The van der Waals surface area contributed by atoms with E-state index in [9.17, 15) is 9.18 Å². The maximum Gasteiger partial charge on any atom is 0.324 e. The van der Waals surface area contributed by atoms with E-state index in [4.69, 9.17) is 14.2 Å². The Morgan fingerprint density at radius 1 is 0.882 bits per heavy atom. The minimum atomic E-state index is -0.359. The van der Waals surface area contributed by atoms with Crippen molar-refractivity contribution >= 4 is 11.7 Å². The highest BCUT2D eigenvalue weighted by Crippen LogP contribution is 2.34. The fraction of sp³-hybridized carbons (Fsp3) is 0.296. The molecule has 3 aromatic rings. The van der Waals surface area contributed by atoms with Crippen LogP contribution in [-0.2, 0) is 13.2 Å². The third-order valence-electron chi connectivity index (χ3n) is 6.02. The number of benzene rings is 3. The molecular weight excluding hydrogens is 435 g/mol. The molecular formula is C27H29FN2O4. The van der Waals surface area contributed by atoms with Crippen LogP contribution < -0.4 is 19.1 Å². The number of carbonyl (C=O) groups excluding carboxylic acids is 1. The van der Waals surface area contributed by atoms with Crippen molar-refractivity contribution in [3.8, 4) is 17.2 Å². The molecule has 1 fully saturated rings.